The Labute approximate surface area is 135 Å². The molecule has 0 saturated carbocycles. The molecule has 2 heterocycles. The first-order chi connectivity index (χ1) is 10.9. The molecule has 1 fully saturated rings. The molecule has 8 heteroatoms. The molecule has 2 atom stereocenters. The summed E-state index contributed by atoms with van der Waals surface area (Å²) in [7, 11) is -2.66. The van der Waals surface area contributed by atoms with Gasteiger partial charge in [-0.25, -0.2) is 9.18 Å². The van der Waals surface area contributed by atoms with Gasteiger partial charge < -0.3 is 10.5 Å². The van der Waals surface area contributed by atoms with Crippen molar-refractivity contribution in [2.75, 3.05) is 23.7 Å². The number of carbonyl (C=O) groups is 1. The van der Waals surface area contributed by atoms with Crippen molar-refractivity contribution in [1.82, 2.24) is 0 Å². The van der Waals surface area contributed by atoms with E-state index in [9.17, 15) is 18.3 Å². The van der Waals surface area contributed by atoms with E-state index >= 15 is 0 Å². The van der Waals surface area contributed by atoms with Crippen molar-refractivity contribution in [2.24, 2.45) is 5.73 Å². The molecular formula is C15H19FN2O4S. The number of ether oxygens (including phenoxy) is 1. The van der Waals surface area contributed by atoms with E-state index in [2.05, 4.69) is 0 Å². The standard InChI is InChI=1S/C15H19FN2O4S/c16-14-7-11(18-9-12(8-17)22-15(18)19)1-2-13(14)10-3-5-23(20,21)6-4-10/h1-3,5,7,10,12,20-21H,4,6,8-9,17H2/t10?,12-/m0/s1. The Hall–Kier alpha value is -1.61. The van der Waals surface area contributed by atoms with Gasteiger partial charge in [-0.15, -0.1) is 0 Å². The third kappa shape index (κ3) is 3.35. The van der Waals surface area contributed by atoms with E-state index in [1.165, 1.54) is 16.4 Å². The summed E-state index contributed by atoms with van der Waals surface area (Å²) < 4.78 is 38.6. The van der Waals surface area contributed by atoms with Crippen molar-refractivity contribution >= 4 is 22.4 Å². The molecule has 0 radical (unpaired) electrons. The highest BCUT2D eigenvalue weighted by molar-refractivity contribution is 8.26. The second-order valence-corrected chi connectivity index (χ2v) is 7.82. The lowest BCUT2D eigenvalue weighted by molar-refractivity contribution is 0.145. The molecule has 3 rings (SSSR count). The molecule has 2 aliphatic rings. The van der Waals surface area contributed by atoms with Crippen LogP contribution in [-0.2, 0) is 4.74 Å². The normalized spacial score (nSPS) is 27.8. The van der Waals surface area contributed by atoms with Gasteiger partial charge in [-0.1, -0.05) is 12.1 Å². The lowest BCUT2D eigenvalue weighted by atomic mass is 9.95. The van der Waals surface area contributed by atoms with Crippen LogP contribution in [0.25, 0.3) is 0 Å². The fourth-order valence-electron chi connectivity index (χ4n) is 2.78. The quantitative estimate of drug-likeness (QED) is 0.785. The molecule has 2 aliphatic heterocycles. The maximum atomic E-state index is 14.4. The van der Waals surface area contributed by atoms with Gasteiger partial charge in [0.2, 0.25) is 0 Å². The van der Waals surface area contributed by atoms with Crippen LogP contribution in [0.3, 0.4) is 0 Å². The molecule has 1 unspecified atom stereocenters. The van der Waals surface area contributed by atoms with Gasteiger partial charge in [0.05, 0.1) is 12.2 Å². The molecule has 0 spiro atoms. The average Bonchev–Trinajstić information content (AvgIpc) is 2.89. The van der Waals surface area contributed by atoms with E-state index < -0.39 is 22.5 Å². The molecule has 1 saturated heterocycles. The number of carbonyl (C=O) groups excluding carboxylic acids is 1. The summed E-state index contributed by atoms with van der Waals surface area (Å²) in [6.45, 7) is 0.528. The summed E-state index contributed by atoms with van der Waals surface area (Å²) in [6.07, 6.45) is 1.19. The zero-order valence-electron chi connectivity index (χ0n) is 12.4. The number of hydrogen-bond acceptors (Lipinski definition) is 5. The van der Waals surface area contributed by atoms with Crippen LogP contribution in [0.4, 0.5) is 14.9 Å². The van der Waals surface area contributed by atoms with Crippen LogP contribution in [-0.4, -0.2) is 40.1 Å². The topological polar surface area (TPSA) is 96.0 Å². The lowest BCUT2D eigenvalue weighted by Crippen LogP contribution is -2.27. The Bertz CT molecular complexity index is 652. The molecule has 1 aromatic rings. The minimum absolute atomic E-state index is 0.203. The predicted molar refractivity (Wildman–Crippen MR) is 87.3 cm³/mol. The Balaban J connectivity index is 1.81. The summed E-state index contributed by atoms with van der Waals surface area (Å²) in [6, 6.07) is 4.59. The fraction of sp³-hybridized carbons (Fsp3) is 0.400. The molecule has 1 aromatic carbocycles. The number of rotatable bonds is 3. The first-order valence-corrected chi connectivity index (χ1v) is 9.09. The number of allylic oxidation sites excluding steroid dienone is 1. The molecule has 6 nitrogen and oxygen atoms in total. The zero-order valence-corrected chi connectivity index (χ0v) is 13.2. The summed E-state index contributed by atoms with van der Waals surface area (Å²) in [5, 5.41) is 1.36. The smallest absolute Gasteiger partial charge is 0.414 e. The lowest BCUT2D eigenvalue weighted by Gasteiger charge is -2.34. The van der Waals surface area contributed by atoms with Crippen molar-refractivity contribution in [2.45, 2.75) is 18.4 Å². The van der Waals surface area contributed by atoms with E-state index in [0.717, 1.165) is 0 Å². The van der Waals surface area contributed by atoms with Crippen molar-refractivity contribution in [3.05, 3.63) is 41.1 Å². The fourth-order valence-corrected chi connectivity index (χ4v) is 3.96. The van der Waals surface area contributed by atoms with Gasteiger partial charge in [0.1, 0.15) is 11.9 Å². The van der Waals surface area contributed by atoms with Gasteiger partial charge in [-0.3, -0.25) is 14.0 Å². The number of cyclic esters (lactones) is 1. The molecule has 4 N–H and O–H groups in total. The molecule has 126 valence electrons. The summed E-state index contributed by atoms with van der Waals surface area (Å²) in [5.74, 6) is -0.405. The van der Waals surface area contributed by atoms with Gasteiger partial charge in [0.25, 0.3) is 0 Å². The number of amides is 1. The number of hydrogen-bond donors (Lipinski definition) is 3. The molecule has 0 aliphatic carbocycles. The van der Waals surface area contributed by atoms with Gasteiger partial charge in [0.15, 0.2) is 0 Å². The minimum Gasteiger partial charge on any atom is -0.443 e. The number of benzene rings is 1. The van der Waals surface area contributed by atoms with Gasteiger partial charge in [0, 0.05) is 23.6 Å². The molecule has 1 amide bonds. The van der Waals surface area contributed by atoms with E-state index in [1.807, 2.05) is 0 Å². The van der Waals surface area contributed by atoms with Gasteiger partial charge in [-0.05, 0) is 24.1 Å². The highest BCUT2D eigenvalue weighted by Crippen LogP contribution is 2.47. The van der Waals surface area contributed by atoms with Crippen LogP contribution in [0.15, 0.2) is 29.7 Å². The second kappa shape index (κ2) is 6.12. The highest BCUT2D eigenvalue weighted by atomic mass is 32.3. The number of anilines is 1. The Morgan fingerprint density at radius 1 is 1.43 bits per heavy atom. The van der Waals surface area contributed by atoms with E-state index in [4.69, 9.17) is 10.5 Å². The highest BCUT2D eigenvalue weighted by Gasteiger charge is 2.32. The second-order valence-electron chi connectivity index (χ2n) is 5.70. The van der Waals surface area contributed by atoms with Crippen molar-refractivity contribution in [3.63, 3.8) is 0 Å². The Morgan fingerprint density at radius 2 is 2.22 bits per heavy atom. The van der Waals surface area contributed by atoms with E-state index in [1.54, 1.807) is 18.2 Å². The van der Waals surface area contributed by atoms with Crippen LogP contribution in [0, 0.1) is 5.82 Å². The zero-order chi connectivity index (χ0) is 16.6. The maximum absolute atomic E-state index is 14.4. The summed E-state index contributed by atoms with van der Waals surface area (Å²) in [4.78, 5) is 13.1. The van der Waals surface area contributed by atoms with Crippen LogP contribution < -0.4 is 10.6 Å². The van der Waals surface area contributed by atoms with Crippen LogP contribution in [0.1, 0.15) is 17.9 Å². The Morgan fingerprint density at radius 3 is 2.78 bits per heavy atom. The van der Waals surface area contributed by atoms with Crippen LogP contribution >= 0.6 is 10.6 Å². The van der Waals surface area contributed by atoms with E-state index in [-0.39, 0.29) is 24.3 Å². The first kappa shape index (κ1) is 16.3. The predicted octanol–water partition coefficient (Wildman–Crippen LogP) is 2.86. The molecule has 23 heavy (non-hydrogen) atoms. The van der Waals surface area contributed by atoms with E-state index in [0.29, 0.717) is 24.2 Å². The van der Waals surface area contributed by atoms with Gasteiger partial charge in [-0.2, -0.15) is 10.6 Å². The minimum atomic E-state index is -2.66. The van der Waals surface area contributed by atoms with Crippen molar-refractivity contribution in [1.29, 1.82) is 0 Å². The molecular weight excluding hydrogens is 323 g/mol. The molecule has 0 aromatic heterocycles. The first-order valence-electron chi connectivity index (χ1n) is 7.31. The average molecular weight is 342 g/mol. The van der Waals surface area contributed by atoms with Crippen LogP contribution in [0.5, 0.6) is 0 Å². The third-order valence-corrected chi connectivity index (χ3v) is 5.52. The maximum Gasteiger partial charge on any atom is 0.414 e. The monoisotopic (exact) mass is 342 g/mol. The molecule has 0 bridgehead atoms. The number of nitrogens with zero attached hydrogens (tertiary/aromatic N) is 1. The largest absolute Gasteiger partial charge is 0.443 e. The van der Waals surface area contributed by atoms with Crippen LogP contribution in [0.2, 0.25) is 0 Å². The van der Waals surface area contributed by atoms with Crippen molar-refractivity contribution in [3.8, 4) is 0 Å². The number of nitrogens with two attached hydrogens (primary N) is 1. The van der Waals surface area contributed by atoms with Crippen molar-refractivity contribution < 1.29 is 23.0 Å². The summed E-state index contributed by atoms with van der Waals surface area (Å²) in [5.41, 5.74) is 6.39. The SMILES string of the molecule is NC[C@H]1CN(c2ccc(C3C=CS(O)(O)CC3)c(F)c2)C(=O)O1. The summed E-state index contributed by atoms with van der Waals surface area (Å²) >= 11 is 0. The third-order valence-electron chi connectivity index (χ3n) is 4.09. The number of halogens is 1. The van der Waals surface area contributed by atoms with Gasteiger partial charge >= 0.3 is 6.09 Å². The Kier molecular flexibility index (Phi) is 4.33.